The zero-order valence-corrected chi connectivity index (χ0v) is 8.40. The van der Waals surface area contributed by atoms with Crippen molar-refractivity contribution in [2.75, 3.05) is 0 Å². The van der Waals surface area contributed by atoms with Crippen LogP contribution in [0.5, 0.6) is 0 Å². The molecule has 0 bridgehead atoms. The van der Waals surface area contributed by atoms with E-state index in [9.17, 15) is 0 Å². The molecule has 1 aromatic rings. The summed E-state index contributed by atoms with van der Waals surface area (Å²) in [5.74, 6) is 0. The van der Waals surface area contributed by atoms with Gasteiger partial charge in [0, 0.05) is 10.8 Å². The van der Waals surface area contributed by atoms with Gasteiger partial charge in [-0.1, -0.05) is 20.8 Å². The summed E-state index contributed by atoms with van der Waals surface area (Å²) in [6.07, 6.45) is 1.01. The molecule has 0 amide bonds. The molecule has 0 spiro atoms. The predicted octanol–water partition coefficient (Wildman–Crippen LogP) is 2.70. The molecule has 0 unspecified atom stereocenters. The Hall–Kier alpha value is -0.880. The summed E-state index contributed by atoms with van der Waals surface area (Å²) in [6, 6.07) is 2.16. The van der Waals surface area contributed by atoms with E-state index in [1.807, 2.05) is 5.38 Å². The van der Waals surface area contributed by atoms with Crippen molar-refractivity contribution in [2.45, 2.75) is 32.6 Å². The van der Waals surface area contributed by atoms with Gasteiger partial charge in [-0.2, -0.15) is 9.64 Å². The van der Waals surface area contributed by atoms with Crippen LogP contribution in [-0.2, 0) is 5.41 Å². The molecule has 0 aliphatic rings. The molecule has 3 heteroatoms. The highest BCUT2D eigenvalue weighted by Crippen LogP contribution is 2.28. The fraction of sp³-hybridized carbons (Fsp3) is 0.556. The fourth-order valence-corrected chi connectivity index (χ4v) is 1.74. The molecule has 2 nitrogen and oxygen atoms in total. The smallest absolute Gasteiger partial charge is 0.102 e. The Balaban J connectivity index is 3.11. The molecule has 0 aliphatic carbocycles. The van der Waals surface area contributed by atoms with Crippen LogP contribution < -0.4 is 0 Å². The number of nitrogens with zero attached hydrogens (tertiary/aromatic N) is 2. The van der Waals surface area contributed by atoms with Crippen molar-refractivity contribution < 1.29 is 0 Å². The summed E-state index contributed by atoms with van der Waals surface area (Å²) in [5, 5.41) is 10.6. The van der Waals surface area contributed by atoms with E-state index in [2.05, 4.69) is 31.2 Å². The van der Waals surface area contributed by atoms with Gasteiger partial charge in [0.25, 0.3) is 0 Å². The lowest BCUT2D eigenvalue weighted by molar-refractivity contribution is 0.494. The Morgan fingerprint density at radius 2 is 2.33 bits per heavy atom. The first kappa shape index (κ1) is 9.21. The van der Waals surface area contributed by atoms with Gasteiger partial charge in [0.2, 0.25) is 0 Å². The van der Waals surface area contributed by atoms with Gasteiger partial charge in [-0.05, 0) is 18.0 Å². The highest BCUT2D eigenvalue weighted by atomic mass is 32.1. The molecule has 0 fully saturated rings. The number of rotatable bonds is 2. The Morgan fingerprint density at radius 3 is 2.83 bits per heavy atom. The summed E-state index contributed by atoms with van der Waals surface area (Å²) < 4.78 is 4.25. The van der Waals surface area contributed by atoms with Gasteiger partial charge < -0.3 is 0 Å². The zero-order chi connectivity index (χ0) is 9.19. The molecule has 0 atom stereocenters. The SMILES string of the molecule is CCC(C)(C)c1nscc1C#N. The van der Waals surface area contributed by atoms with Gasteiger partial charge in [-0.15, -0.1) is 0 Å². The maximum Gasteiger partial charge on any atom is 0.102 e. The van der Waals surface area contributed by atoms with Gasteiger partial charge in [0.1, 0.15) is 6.07 Å². The molecular formula is C9H12N2S. The lowest BCUT2D eigenvalue weighted by Crippen LogP contribution is -2.17. The first-order valence-corrected chi connectivity index (χ1v) is 4.80. The van der Waals surface area contributed by atoms with Crippen molar-refractivity contribution in [2.24, 2.45) is 0 Å². The maximum absolute atomic E-state index is 8.78. The average Bonchev–Trinajstić information content (AvgIpc) is 2.52. The minimum Gasteiger partial charge on any atom is -0.196 e. The normalized spacial score (nSPS) is 11.2. The highest BCUT2D eigenvalue weighted by Gasteiger charge is 2.24. The lowest BCUT2D eigenvalue weighted by atomic mass is 9.85. The molecule has 0 saturated heterocycles. The molecule has 0 radical (unpaired) electrons. The monoisotopic (exact) mass is 180 g/mol. The van der Waals surface area contributed by atoms with E-state index in [-0.39, 0.29) is 5.41 Å². The largest absolute Gasteiger partial charge is 0.196 e. The van der Waals surface area contributed by atoms with Crippen molar-refractivity contribution in [3.63, 3.8) is 0 Å². The molecule has 0 aliphatic heterocycles. The molecule has 1 aromatic heterocycles. The molecule has 0 saturated carbocycles. The van der Waals surface area contributed by atoms with Crippen LogP contribution in [-0.4, -0.2) is 4.37 Å². The second kappa shape index (κ2) is 3.24. The van der Waals surface area contributed by atoms with Crippen LogP contribution in [0.4, 0.5) is 0 Å². The molecule has 12 heavy (non-hydrogen) atoms. The van der Waals surface area contributed by atoms with Crippen LogP contribution >= 0.6 is 11.5 Å². The van der Waals surface area contributed by atoms with Crippen LogP contribution in [0, 0.1) is 11.3 Å². The third kappa shape index (κ3) is 1.49. The average molecular weight is 180 g/mol. The molecule has 1 heterocycles. The minimum absolute atomic E-state index is 0.0328. The predicted molar refractivity (Wildman–Crippen MR) is 50.1 cm³/mol. The second-order valence-electron chi connectivity index (χ2n) is 3.43. The van der Waals surface area contributed by atoms with E-state index < -0.39 is 0 Å². The second-order valence-corrected chi connectivity index (χ2v) is 4.06. The summed E-state index contributed by atoms with van der Waals surface area (Å²) in [4.78, 5) is 0. The maximum atomic E-state index is 8.78. The highest BCUT2D eigenvalue weighted by molar-refractivity contribution is 7.03. The van der Waals surface area contributed by atoms with E-state index in [4.69, 9.17) is 5.26 Å². The van der Waals surface area contributed by atoms with E-state index >= 15 is 0 Å². The van der Waals surface area contributed by atoms with Crippen molar-refractivity contribution in [3.8, 4) is 6.07 Å². The Morgan fingerprint density at radius 1 is 1.67 bits per heavy atom. The Bertz CT molecular complexity index is 307. The van der Waals surface area contributed by atoms with Gasteiger partial charge in [-0.3, -0.25) is 0 Å². The number of hydrogen-bond donors (Lipinski definition) is 0. The van der Waals surface area contributed by atoms with Crippen molar-refractivity contribution in [1.29, 1.82) is 5.26 Å². The minimum atomic E-state index is 0.0328. The Labute approximate surface area is 77.0 Å². The number of aromatic nitrogens is 1. The van der Waals surface area contributed by atoms with Crippen LogP contribution in [0.15, 0.2) is 5.38 Å². The van der Waals surface area contributed by atoms with Crippen LogP contribution in [0.1, 0.15) is 38.4 Å². The zero-order valence-electron chi connectivity index (χ0n) is 7.59. The topological polar surface area (TPSA) is 36.7 Å². The van der Waals surface area contributed by atoms with E-state index in [1.54, 1.807) is 0 Å². The quantitative estimate of drug-likeness (QED) is 0.701. The molecule has 0 aromatic carbocycles. The molecule has 1 rings (SSSR count). The Kier molecular flexibility index (Phi) is 2.49. The van der Waals surface area contributed by atoms with Crippen molar-refractivity contribution in [3.05, 3.63) is 16.6 Å². The van der Waals surface area contributed by atoms with Crippen molar-refractivity contribution in [1.82, 2.24) is 4.37 Å². The van der Waals surface area contributed by atoms with E-state index in [1.165, 1.54) is 11.5 Å². The summed E-state index contributed by atoms with van der Waals surface area (Å²) in [7, 11) is 0. The lowest BCUT2D eigenvalue weighted by Gasteiger charge is -2.19. The molecule has 0 N–H and O–H groups in total. The first-order chi connectivity index (χ1) is 5.61. The molecule has 64 valence electrons. The third-order valence-electron chi connectivity index (χ3n) is 2.22. The van der Waals surface area contributed by atoms with E-state index in [0.717, 1.165) is 17.7 Å². The molecular weight excluding hydrogens is 168 g/mol. The van der Waals surface area contributed by atoms with Crippen LogP contribution in [0.2, 0.25) is 0 Å². The van der Waals surface area contributed by atoms with Crippen LogP contribution in [0.25, 0.3) is 0 Å². The third-order valence-corrected chi connectivity index (χ3v) is 2.84. The van der Waals surface area contributed by atoms with Gasteiger partial charge in [0.15, 0.2) is 0 Å². The van der Waals surface area contributed by atoms with E-state index in [0.29, 0.717) is 0 Å². The summed E-state index contributed by atoms with van der Waals surface area (Å²) in [5.41, 5.74) is 1.70. The standard InChI is InChI=1S/C9H12N2S/c1-4-9(2,3)8-7(5-10)6-12-11-8/h6H,4H2,1-3H3. The number of nitriles is 1. The number of hydrogen-bond acceptors (Lipinski definition) is 3. The van der Waals surface area contributed by atoms with Gasteiger partial charge in [-0.25, -0.2) is 0 Å². The van der Waals surface area contributed by atoms with Gasteiger partial charge >= 0.3 is 0 Å². The fourth-order valence-electron chi connectivity index (χ4n) is 0.972. The summed E-state index contributed by atoms with van der Waals surface area (Å²) in [6.45, 7) is 6.34. The van der Waals surface area contributed by atoms with Crippen LogP contribution in [0.3, 0.4) is 0 Å². The van der Waals surface area contributed by atoms with Gasteiger partial charge in [0.05, 0.1) is 11.3 Å². The first-order valence-electron chi connectivity index (χ1n) is 3.96. The van der Waals surface area contributed by atoms with Crippen molar-refractivity contribution >= 4 is 11.5 Å². The summed E-state index contributed by atoms with van der Waals surface area (Å²) >= 11 is 1.36.